The molecule has 0 aromatic rings. The third kappa shape index (κ3) is 3.13. The van der Waals surface area contributed by atoms with Crippen LogP contribution in [0.15, 0.2) is 0 Å². The van der Waals surface area contributed by atoms with Crippen molar-refractivity contribution >= 4 is 11.8 Å². The second kappa shape index (κ2) is 4.64. The number of rotatable bonds is 4. The van der Waals surface area contributed by atoms with Gasteiger partial charge in [-0.25, -0.2) is 0 Å². The molecule has 2 atom stereocenters. The van der Waals surface area contributed by atoms with Gasteiger partial charge in [-0.15, -0.1) is 0 Å². The Labute approximate surface area is 84.3 Å². The Morgan fingerprint density at radius 3 is 2.69 bits per heavy atom. The maximum absolute atomic E-state index is 5.74. The summed E-state index contributed by atoms with van der Waals surface area (Å²) in [5.41, 5.74) is 5.68. The molecule has 0 aromatic heterocycles. The van der Waals surface area contributed by atoms with Crippen LogP contribution in [0.5, 0.6) is 0 Å². The van der Waals surface area contributed by atoms with E-state index in [9.17, 15) is 0 Å². The van der Waals surface area contributed by atoms with E-state index < -0.39 is 5.79 Å². The van der Waals surface area contributed by atoms with Gasteiger partial charge in [-0.05, 0) is 32.4 Å². The largest absolute Gasteiger partial charge is 0.348 e. The zero-order valence-corrected chi connectivity index (χ0v) is 9.39. The predicted octanol–water partition coefficient (Wildman–Crippen LogP) is 1.08. The van der Waals surface area contributed by atoms with Gasteiger partial charge in [-0.2, -0.15) is 11.8 Å². The molecule has 4 heteroatoms. The maximum atomic E-state index is 5.74. The predicted molar refractivity (Wildman–Crippen MR) is 55.8 cm³/mol. The topological polar surface area (TPSA) is 44.5 Å². The fraction of sp³-hybridized carbons (Fsp3) is 1.00. The average Bonchev–Trinajstić information content (AvgIpc) is 2.42. The Hall–Kier alpha value is 0.230. The molecule has 3 nitrogen and oxygen atoms in total. The van der Waals surface area contributed by atoms with E-state index in [0.29, 0.717) is 19.1 Å². The molecule has 0 radical (unpaired) electrons. The molecule has 0 amide bonds. The molecule has 1 aliphatic rings. The van der Waals surface area contributed by atoms with Crippen molar-refractivity contribution in [3.05, 3.63) is 0 Å². The highest BCUT2D eigenvalue weighted by molar-refractivity contribution is 7.98. The van der Waals surface area contributed by atoms with Crippen LogP contribution in [0, 0.1) is 5.92 Å². The van der Waals surface area contributed by atoms with Crippen molar-refractivity contribution in [1.82, 2.24) is 0 Å². The first-order valence-corrected chi connectivity index (χ1v) is 5.99. The van der Waals surface area contributed by atoms with Gasteiger partial charge in [0, 0.05) is 5.92 Å². The smallest absolute Gasteiger partial charge is 0.163 e. The van der Waals surface area contributed by atoms with E-state index in [2.05, 4.69) is 6.26 Å². The molecule has 78 valence electrons. The van der Waals surface area contributed by atoms with Crippen LogP contribution in [0.4, 0.5) is 0 Å². The number of hydrogen-bond donors (Lipinski definition) is 1. The molecule has 0 bridgehead atoms. The molecule has 1 fully saturated rings. The number of nitrogens with two attached hydrogens (primary N) is 1. The van der Waals surface area contributed by atoms with Gasteiger partial charge in [0.25, 0.3) is 0 Å². The lowest BCUT2D eigenvalue weighted by molar-refractivity contribution is -0.143. The molecule has 0 saturated carbocycles. The molecule has 2 N–H and O–H groups in total. The van der Waals surface area contributed by atoms with Gasteiger partial charge in [0.1, 0.15) is 0 Å². The number of ether oxygens (including phenoxy) is 2. The van der Waals surface area contributed by atoms with Crippen molar-refractivity contribution in [3.8, 4) is 0 Å². The van der Waals surface area contributed by atoms with Crippen LogP contribution in [0.25, 0.3) is 0 Å². The van der Waals surface area contributed by atoms with E-state index in [0.717, 1.165) is 5.75 Å². The van der Waals surface area contributed by atoms with E-state index in [4.69, 9.17) is 15.2 Å². The molecule has 1 rings (SSSR count). The summed E-state index contributed by atoms with van der Waals surface area (Å²) in [5.74, 6) is 1.04. The van der Waals surface area contributed by atoms with Gasteiger partial charge < -0.3 is 15.2 Å². The highest BCUT2D eigenvalue weighted by Gasteiger charge is 2.36. The summed E-state index contributed by atoms with van der Waals surface area (Å²) in [5, 5.41) is 0. The van der Waals surface area contributed by atoms with E-state index >= 15 is 0 Å². The van der Waals surface area contributed by atoms with E-state index in [1.165, 1.54) is 0 Å². The molecular weight excluding hydrogens is 186 g/mol. The first kappa shape index (κ1) is 11.3. The molecule has 13 heavy (non-hydrogen) atoms. The van der Waals surface area contributed by atoms with Crippen LogP contribution < -0.4 is 5.73 Å². The lowest BCUT2D eigenvalue weighted by Crippen LogP contribution is -2.33. The van der Waals surface area contributed by atoms with Crippen molar-refractivity contribution in [3.63, 3.8) is 0 Å². The van der Waals surface area contributed by atoms with Gasteiger partial charge in [0.15, 0.2) is 5.79 Å². The molecule has 1 saturated heterocycles. The fourth-order valence-corrected chi connectivity index (χ4v) is 2.27. The third-order valence-corrected chi connectivity index (χ3v) is 3.00. The first-order valence-electron chi connectivity index (χ1n) is 4.60. The minimum absolute atomic E-state index is 0.174. The lowest BCUT2D eigenvalue weighted by Gasteiger charge is -2.22. The van der Waals surface area contributed by atoms with E-state index in [-0.39, 0.29) is 6.10 Å². The van der Waals surface area contributed by atoms with Crippen LogP contribution >= 0.6 is 11.8 Å². The van der Waals surface area contributed by atoms with Crippen LogP contribution in [0.3, 0.4) is 0 Å². The monoisotopic (exact) mass is 205 g/mol. The minimum atomic E-state index is -0.420. The normalized spacial score (nSPS) is 29.1. The Morgan fingerprint density at radius 1 is 1.62 bits per heavy atom. The van der Waals surface area contributed by atoms with Crippen LogP contribution in [-0.4, -0.2) is 37.1 Å². The molecule has 0 aromatic carbocycles. The molecule has 1 aliphatic heterocycles. The van der Waals surface area contributed by atoms with Gasteiger partial charge in [0.2, 0.25) is 0 Å². The molecular formula is C9H19NO2S. The Kier molecular flexibility index (Phi) is 4.04. The third-order valence-electron chi connectivity index (χ3n) is 2.24. The first-order chi connectivity index (χ1) is 6.09. The summed E-state index contributed by atoms with van der Waals surface area (Å²) in [6.45, 7) is 5.24. The van der Waals surface area contributed by atoms with Gasteiger partial charge in [0.05, 0.1) is 12.7 Å². The highest BCUT2D eigenvalue weighted by atomic mass is 32.2. The zero-order chi connectivity index (χ0) is 9.90. The lowest BCUT2D eigenvalue weighted by atomic mass is 10.1. The van der Waals surface area contributed by atoms with Crippen molar-refractivity contribution in [2.75, 3.05) is 25.2 Å². The summed E-state index contributed by atoms with van der Waals surface area (Å²) in [4.78, 5) is 0. The number of hydrogen-bond acceptors (Lipinski definition) is 4. The van der Waals surface area contributed by atoms with Gasteiger partial charge in [-0.3, -0.25) is 0 Å². The molecule has 1 heterocycles. The quantitative estimate of drug-likeness (QED) is 0.746. The Morgan fingerprint density at radius 2 is 2.31 bits per heavy atom. The van der Waals surface area contributed by atoms with E-state index in [1.807, 2.05) is 13.8 Å². The average molecular weight is 205 g/mol. The van der Waals surface area contributed by atoms with Crippen molar-refractivity contribution in [1.29, 1.82) is 0 Å². The molecule has 0 aliphatic carbocycles. The van der Waals surface area contributed by atoms with E-state index in [1.54, 1.807) is 11.8 Å². The van der Waals surface area contributed by atoms with Crippen molar-refractivity contribution in [2.45, 2.75) is 25.7 Å². The van der Waals surface area contributed by atoms with Crippen LogP contribution in [-0.2, 0) is 9.47 Å². The summed E-state index contributed by atoms with van der Waals surface area (Å²) < 4.78 is 11.2. The number of thioether (sulfide) groups is 1. The van der Waals surface area contributed by atoms with Crippen LogP contribution in [0.1, 0.15) is 13.8 Å². The van der Waals surface area contributed by atoms with Gasteiger partial charge in [-0.1, -0.05) is 0 Å². The summed E-state index contributed by atoms with van der Waals surface area (Å²) in [7, 11) is 0. The highest BCUT2D eigenvalue weighted by Crippen LogP contribution is 2.27. The fourth-order valence-electron chi connectivity index (χ4n) is 1.49. The van der Waals surface area contributed by atoms with Gasteiger partial charge >= 0.3 is 0 Å². The zero-order valence-electron chi connectivity index (χ0n) is 8.58. The minimum Gasteiger partial charge on any atom is -0.348 e. The maximum Gasteiger partial charge on any atom is 0.163 e. The second-order valence-electron chi connectivity index (χ2n) is 3.82. The molecule has 1 unspecified atom stereocenters. The standard InChI is InChI=1S/C9H19NO2S/c1-9(2)11-5-8(12-9)7(4-10)6-13-3/h7-8H,4-6,10H2,1-3H3/t7-,8?/m1/s1. The summed E-state index contributed by atoms with van der Waals surface area (Å²) >= 11 is 1.81. The van der Waals surface area contributed by atoms with Crippen molar-refractivity contribution < 1.29 is 9.47 Å². The van der Waals surface area contributed by atoms with Crippen molar-refractivity contribution in [2.24, 2.45) is 11.7 Å². The molecule has 0 spiro atoms. The Balaban J connectivity index is 2.43. The SMILES string of the molecule is CSC[C@@H](CN)C1COC(C)(C)O1. The van der Waals surface area contributed by atoms with Crippen LogP contribution in [0.2, 0.25) is 0 Å². The second-order valence-corrected chi connectivity index (χ2v) is 4.73. The summed E-state index contributed by atoms with van der Waals surface area (Å²) in [6.07, 6.45) is 2.26. The summed E-state index contributed by atoms with van der Waals surface area (Å²) in [6, 6.07) is 0. The Bertz CT molecular complexity index is 164.